The van der Waals surface area contributed by atoms with Gasteiger partial charge in [-0.05, 0) is 42.8 Å². The monoisotopic (exact) mass is 496 g/mol. The molecule has 2 aliphatic rings. The molecule has 3 aromatic carbocycles. The van der Waals surface area contributed by atoms with E-state index in [1.807, 2.05) is 0 Å². The highest BCUT2D eigenvalue weighted by atomic mass is 19.1. The lowest BCUT2D eigenvalue weighted by Crippen LogP contribution is -2.53. The van der Waals surface area contributed by atoms with E-state index >= 15 is 8.78 Å². The summed E-state index contributed by atoms with van der Waals surface area (Å²) >= 11 is 0. The SMILES string of the molecule is CCCN1CC(Oc2c(F)cc(N3c4ccc(N)c(C=N)c4OC[C@H]3c3ccc(F)cc3)cc2F)C1. The third-order valence-corrected chi connectivity index (χ3v) is 6.57. The van der Waals surface area contributed by atoms with Gasteiger partial charge in [0.15, 0.2) is 23.1 Å². The quantitative estimate of drug-likeness (QED) is 0.337. The number of hydrogen-bond donors (Lipinski definition) is 2. The molecule has 1 fully saturated rings. The summed E-state index contributed by atoms with van der Waals surface area (Å²) in [5, 5.41) is 7.77. The molecule has 0 radical (unpaired) electrons. The van der Waals surface area contributed by atoms with Crippen molar-refractivity contribution in [3.8, 4) is 11.5 Å². The Balaban J connectivity index is 1.54. The van der Waals surface area contributed by atoms with Gasteiger partial charge >= 0.3 is 0 Å². The van der Waals surface area contributed by atoms with E-state index in [-0.39, 0.29) is 18.4 Å². The van der Waals surface area contributed by atoms with Crippen LogP contribution in [-0.4, -0.2) is 43.5 Å². The summed E-state index contributed by atoms with van der Waals surface area (Å²) in [7, 11) is 0. The number of hydrogen-bond acceptors (Lipinski definition) is 6. The lowest BCUT2D eigenvalue weighted by molar-refractivity contribution is 0.0154. The minimum Gasteiger partial charge on any atom is -0.488 e. The number of anilines is 3. The van der Waals surface area contributed by atoms with Gasteiger partial charge in [-0.1, -0.05) is 19.1 Å². The lowest BCUT2D eigenvalue weighted by Gasteiger charge is -2.40. The van der Waals surface area contributed by atoms with Crippen molar-refractivity contribution < 1.29 is 22.6 Å². The normalized spacial score (nSPS) is 17.8. The molecule has 0 unspecified atom stereocenters. The third kappa shape index (κ3) is 4.35. The van der Waals surface area contributed by atoms with Gasteiger partial charge in [0.1, 0.15) is 18.5 Å². The highest BCUT2D eigenvalue weighted by Crippen LogP contribution is 2.47. The number of nitrogens with one attached hydrogen (secondary N) is 1. The van der Waals surface area contributed by atoms with Crippen molar-refractivity contribution in [3.05, 3.63) is 77.1 Å². The number of nitrogens with zero attached hydrogens (tertiary/aromatic N) is 2. The second-order valence-electron chi connectivity index (χ2n) is 9.05. The molecule has 2 aliphatic heterocycles. The van der Waals surface area contributed by atoms with E-state index in [0.717, 1.165) is 19.2 Å². The standard InChI is InChI=1S/C27H27F3N4O2/c1-2-9-33-13-19(14-33)36-27-21(29)10-18(11-22(27)30)34-24-8-7-23(32)20(12-31)26(24)35-15-25(34)16-3-5-17(28)6-4-16/h3-8,10-12,19,25,31H,2,9,13-15,32H2,1H3/t25-/m0/s1. The van der Waals surface area contributed by atoms with Gasteiger partial charge in [0, 0.05) is 42.8 Å². The molecule has 2 heterocycles. The van der Waals surface area contributed by atoms with Gasteiger partial charge in [-0.3, -0.25) is 4.90 Å². The first kappa shape index (κ1) is 24.0. The molecule has 1 atom stereocenters. The van der Waals surface area contributed by atoms with Gasteiger partial charge in [-0.2, -0.15) is 0 Å². The van der Waals surface area contributed by atoms with Crippen molar-refractivity contribution in [2.24, 2.45) is 0 Å². The zero-order valence-corrected chi connectivity index (χ0v) is 19.8. The van der Waals surface area contributed by atoms with Crippen LogP contribution in [0.3, 0.4) is 0 Å². The van der Waals surface area contributed by atoms with Crippen LogP contribution in [0.4, 0.5) is 30.2 Å². The Kier molecular flexibility index (Phi) is 6.49. The molecule has 3 aromatic rings. The maximum Gasteiger partial charge on any atom is 0.191 e. The van der Waals surface area contributed by atoms with E-state index in [1.54, 1.807) is 29.2 Å². The van der Waals surface area contributed by atoms with Crippen LogP contribution in [0, 0.1) is 22.9 Å². The summed E-state index contributed by atoms with van der Waals surface area (Å²) in [6.45, 7) is 4.36. The van der Waals surface area contributed by atoms with Crippen LogP contribution in [0.2, 0.25) is 0 Å². The first-order chi connectivity index (χ1) is 17.4. The Morgan fingerprint density at radius 3 is 2.42 bits per heavy atom. The van der Waals surface area contributed by atoms with Gasteiger partial charge in [0.2, 0.25) is 0 Å². The topological polar surface area (TPSA) is 74.8 Å². The van der Waals surface area contributed by atoms with E-state index < -0.39 is 29.2 Å². The van der Waals surface area contributed by atoms with Crippen LogP contribution in [0.1, 0.15) is 30.5 Å². The fourth-order valence-electron chi connectivity index (χ4n) is 4.81. The molecule has 0 aliphatic carbocycles. The molecule has 6 nitrogen and oxygen atoms in total. The van der Waals surface area contributed by atoms with Crippen molar-refractivity contribution in [2.45, 2.75) is 25.5 Å². The highest BCUT2D eigenvalue weighted by molar-refractivity contribution is 5.94. The number of ether oxygens (including phenoxy) is 2. The molecular weight excluding hydrogens is 469 g/mol. The molecule has 188 valence electrons. The molecule has 0 spiro atoms. The van der Waals surface area contributed by atoms with E-state index in [1.165, 1.54) is 24.3 Å². The maximum absolute atomic E-state index is 15.3. The Labute approximate surface area is 207 Å². The molecule has 0 bridgehead atoms. The van der Waals surface area contributed by atoms with Crippen LogP contribution >= 0.6 is 0 Å². The van der Waals surface area contributed by atoms with Crippen molar-refractivity contribution in [3.63, 3.8) is 0 Å². The smallest absolute Gasteiger partial charge is 0.191 e. The van der Waals surface area contributed by atoms with Gasteiger partial charge in [-0.25, -0.2) is 13.2 Å². The average molecular weight is 497 g/mol. The van der Waals surface area contributed by atoms with Crippen LogP contribution in [0.25, 0.3) is 0 Å². The third-order valence-electron chi connectivity index (χ3n) is 6.57. The zero-order valence-electron chi connectivity index (χ0n) is 19.8. The summed E-state index contributed by atoms with van der Waals surface area (Å²) in [5.41, 5.74) is 8.18. The number of nitrogens with two attached hydrogens (primary N) is 1. The molecule has 36 heavy (non-hydrogen) atoms. The number of halogens is 3. The molecule has 0 amide bonds. The summed E-state index contributed by atoms with van der Waals surface area (Å²) in [6, 6.07) is 11.1. The molecular formula is C27H27F3N4O2. The van der Waals surface area contributed by atoms with E-state index in [0.29, 0.717) is 41.3 Å². The number of likely N-dealkylation sites (tertiary alicyclic amines) is 1. The summed E-state index contributed by atoms with van der Waals surface area (Å²) in [6.07, 6.45) is 1.83. The lowest BCUT2D eigenvalue weighted by atomic mass is 10.00. The second kappa shape index (κ2) is 9.73. The molecule has 0 saturated carbocycles. The first-order valence-corrected chi connectivity index (χ1v) is 11.9. The predicted octanol–water partition coefficient (Wildman–Crippen LogP) is 5.43. The zero-order chi connectivity index (χ0) is 25.4. The fraction of sp³-hybridized carbons (Fsp3) is 0.296. The van der Waals surface area contributed by atoms with E-state index in [9.17, 15) is 4.39 Å². The molecule has 9 heteroatoms. The first-order valence-electron chi connectivity index (χ1n) is 11.9. The fourth-order valence-corrected chi connectivity index (χ4v) is 4.81. The number of nitrogen functional groups attached to an aromatic ring is 1. The van der Waals surface area contributed by atoms with E-state index in [2.05, 4.69) is 11.8 Å². The van der Waals surface area contributed by atoms with Gasteiger partial charge in [0.25, 0.3) is 0 Å². The van der Waals surface area contributed by atoms with E-state index in [4.69, 9.17) is 20.6 Å². The second-order valence-corrected chi connectivity index (χ2v) is 9.05. The highest BCUT2D eigenvalue weighted by Gasteiger charge is 2.34. The van der Waals surface area contributed by atoms with Crippen molar-refractivity contribution in [1.29, 1.82) is 5.41 Å². The average Bonchev–Trinajstić information content (AvgIpc) is 2.84. The largest absolute Gasteiger partial charge is 0.488 e. The Hall–Kier alpha value is -3.72. The molecule has 1 saturated heterocycles. The molecule has 0 aromatic heterocycles. The Morgan fingerprint density at radius 1 is 1.08 bits per heavy atom. The minimum atomic E-state index is -0.812. The maximum atomic E-state index is 15.3. The van der Waals surface area contributed by atoms with Crippen molar-refractivity contribution in [1.82, 2.24) is 4.90 Å². The minimum absolute atomic E-state index is 0.0970. The van der Waals surface area contributed by atoms with Crippen LogP contribution in [0.15, 0.2) is 48.5 Å². The van der Waals surface area contributed by atoms with Crippen molar-refractivity contribution >= 4 is 23.3 Å². The van der Waals surface area contributed by atoms with Crippen molar-refractivity contribution in [2.75, 3.05) is 36.9 Å². The molecule has 5 rings (SSSR count). The van der Waals surface area contributed by atoms with Crippen LogP contribution in [-0.2, 0) is 0 Å². The Morgan fingerprint density at radius 2 is 1.78 bits per heavy atom. The Bertz CT molecular complexity index is 1260. The molecule has 3 N–H and O–H groups in total. The summed E-state index contributed by atoms with van der Waals surface area (Å²) in [5.74, 6) is -2.08. The van der Waals surface area contributed by atoms with Gasteiger partial charge in [-0.15, -0.1) is 0 Å². The number of fused-ring (bicyclic) bond motifs is 1. The number of benzene rings is 3. The predicted molar refractivity (Wildman–Crippen MR) is 133 cm³/mol. The van der Waals surface area contributed by atoms with Gasteiger partial charge in [0.05, 0.1) is 17.3 Å². The van der Waals surface area contributed by atoms with Crippen LogP contribution < -0.4 is 20.1 Å². The summed E-state index contributed by atoms with van der Waals surface area (Å²) in [4.78, 5) is 3.89. The van der Waals surface area contributed by atoms with Crippen LogP contribution in [0.5, 0.6) is 11.5 Å². The van der Waals surface area contributed by atoms with Gasteiger partial charge < -0.3 is 25.5 Å². The summed E-state index contributed by atoms with van der Waals surface area (Å²) < 4.78 is 55.8. The number of rotatable bonds is 7.